The van der Waals surface area contributed by atoms with E-state index < -0.39 is 0 Å². The molecule has 4 nitrogen and oxygen atoms in total. The van der Waals surface area contributed by atoms with E-state index in [2.05, 4.69) is 51.5 Å². The number of hydrogen-bond donors (Lipinski definition) is 1. The van der Waals surface area contributed by atoms with Gasteiger partial charge in [0.15, 0.2) is 0 Å². The van der Waals surface area contributed by atoms with E-state index in [9.17, 15) is 4.79 Å². The lowest BCUT2D eigenvalue weighted by Crippen LogP contribution is -2.53. The molecule has 2 aromatic rings. The van der Waals surface area contributed by atoms with E-state index in [0.29, 0.717) is 6.54 Å². The zero-order chi connectivity index (χ0) is 18.9. The molecule has 1 saturated heterocycles. The average molecular weight is 364 g/mol. The van der Waals surface area contributed by atoms with E-state index in [1.165, 1.54) is 5.56 Å². The van der Waals surface area contributed by atoms with Gasteiger partial charge in [-0.15, -0.1) is 0 Å². The molecule has 0 unspecified atom stereocenters. The third-order valence-corrected chi connectivity index (χ3v) is 5.12. The lowest BCUT2D eigenvalue weighted by atomic mass is 10.2. The van der Waals surface area contributed by atoms with Crippen molar-refractivity contribution in [2.75, 3.05) is 32.7 Å². The van der Waals surface area contributed by atoms with Crippen molar-refractivity contribution < 1.29 is 4.79 Å². The molecule has 1 aliphatic rings. The Hall–Kier alpha value is -2.43. The number of piperazine rings is 1. The quantitative estimate of drug-likeness (QED) is 0.821. The first kappa shape index (κ1) is 19.3. The van der Waals surface area contributed by atoms with Gasteiger partial charge < -0.3 is 5.32 Å². The summed E-state index contributed by atoms with van der Waals surface area (Å²) in [5.74, 6) is 0.108. The molecule has 1 heterocycles. The standard InChI is InChI=1S/C23H29N3O/c1-20(23(27)24-19-22-11-6-3-7-12-22)26-17-15-25(16-18-26)14-8-13-21-9-4-2-5-10-21/h2-13,20H,14-19H2,1H3,(H,24,27)/b13-8+/t20-/m0/s1. The Bertz CT molecular complexity index is 722. The van der Waals surface area contributed by atoms with E-state index in [4.69, 9.17) is 0 Å². The van der Waals surface area contributed by atoms with Gasteiger partial charge in [0.05, 0.1) is 6.04 Å². The van der Waals surface area contributed by atoms with E-state index in [0.717, 1.165) is 38.3 Å². The zero-order valence-corrected chi connectivity index (χ0v) is 16.1. The normalized spacial score (nSPS) is 17.1. The molecule has 142 valence electrons. The SMILES string of the molecule is C[C@@H](C(=O)NCc1ccccc1)N1CCN(C/C=C/c2ccccc2)CC1. The Morgan fingerprint density at radius 3 is 2.30 bits per heavy atom. The van der Waals surface area contributed by atoms with Crippen molar-refractivity contribution in [2.24, 2.45) is 0 Å². The van der Waals surface area contributed by atoms with Gasteiger partial charge in [0.1, 0.15) is 0 Å². The van der Waals surface area contributed by atoms with Crippen LogP contribution in [0.2, 0.25) is 0 Å². The first-order valence-electron chi connectivity index (χ1n) is 9.72. The molecule has 4 heteroatoms. The van der Waals surface area contributed by atoms with Crippen LogP contribution in [0.1, 0.15) is 18.1 Å². The fourth-order valence-electron chi connectivity index (χ4n) is 3.33. The minimum absolute atomic E-state index is 0.0873. The summed E-state index contributed by atoms with van der Waals surface area (Å²) >= 11 is 0. The van der Waals surface area contributed by atoms with Crippen molar-refractivity contribution in [3.63, 3.8) is 0 Å². The highest BCUT2D eigenvalue weighted by Gasteiger charge is 2.24. The summed E-state index contributed by atoms with van der Waals surface area (Å²) in [5, 5.41) is 3.05. The largest absolute Gasteiger partial charge is 0.351 e. The minimum Gasteiger partial charge on any atom is -0.351 e. The van der Waals surface area contributed by atoms with Crippen molar-refractivity contribution >= 4 is 12.0 Å². The second kappa shape index (κ2) is 10.0. The molecule has 1 aliphatic heterocycles. The first-order valence-corrected chi connectivity index (χ1v) is 9.72. The molecule has 0 radical (unpaired) electrons. The van der Waals surface area contributed by atoms with Crippen molar-refractivity contribution in [2.45, 2.75) is 19.5 Å². The molecule has 3 rings (SSSR count). The second-order valence-corrected chi connectivity index (χ2v) is 7.03. The Morgan fingerprint density at radius 1 is 1.00 bits per heavy atom. The summed E-state index contributed by atoms with van der Waals surface area (Å²) < 4.78 is 0. The summed E-state index contributed by atoms with van der Waals surface area (Å²) in [5.41, 5.74) is 2.37. The van der Waals surface area contributed by atoms with Crippen LogP contribution in [0.15, 0.2) is 66.7 Å². The molecular weight excluding hydrogens is 334 g/mol. The molecule has 0 spiro atoms. The third-order valence-electron chi connectivity index (χ3n) is 5.12. The summed E-state index contributed by atoms with van der Waals surface area (Å²) in [6.07, 6.45) is 4.40. The van der Waals surface area contributed by atoms with Gasteiger partial charge in [-0.05, 0) is 18.1 Å². The van der Waals surface area contributed by atoms with Gasteiger partial charge in [-0.2, -0.15) is 0 Å². The van der Waals surface area contributed by atoms with Crippen LogP contribution in [0.25, 0.3) is 6.08 Å². The molecule has 0 aliphatic carbocycles. The molecule has 0 aromatic heterocycles. The predicted octanol–water partition coefficient (Wildman–Crippen LogP) is 3.02. The van der Waals surface area contributed by atoms with Crippen molar-refractivity contribution in [3.8, 4) is 0 Å². The maximum Gasteiger partial charge on any atom is 0.237 e. The number of rotatable bonds is 7. The maximum absolute atomic E-state index is 12.4. The van der Waals surface area contributed by atoms with Crippen LogP contribution < -0.4 is 5.32 Å². The molecule has 1 N–H and O–H groups in total. The van der Waals surface area contributed by atoms with E-state index in [-0.39, 0.29) is 11.9 Å². The number of benzene rings is 2. The second-order valence-electron chi connectivity index (χ2n) is 7.03. The molecule has 2 aromatic carbocycles. The molecule has 1 fully saturated rings. The molecule has 27 heavy (non-hydrogen) atoms. The van der Waals surface area contributed by atoms with E-state index >= 15 is 0 Å². The molecule has 1 atom stereocenters. The van der Waals surface area contributed by atoms with Gasteiger partial charge in [0.25, 0.3) is 0 Å². The summed E-state index contributed by atoms with van der Waals surface area (Å²) in [6.45, 7) is 7.40. The predicted molar refractivity (Wildman–Crippen MR) is 111 cm³/mol. The lowest BCUT2D eigenvalue weighted by molar-refractivity contribution is -0.126. The summed E-state index contributed by atoms with van der Waals surface area (Å²) in [4.78, 5) is 17.2. The fourth-order valence-corrected chi connectivity index (χ4v) is 3.33. The highest BCUT2D eigenvalue weighted by molar-refractivity contribution is 5.81. The smallest absolute Gasteiger partial charge is 0.237 e. The van der Waals surface area contributed by atoms with E-state index in [1.807, 2.05) is 43.3 Å². The first-order chi connectivity index (χ1) is 13.2. The van der Waals surface area contributed by atoms with Crippen LogP contribution in [-0.4, -0.2) is 54.5 Å². The average Bonchev–Trinajstić information content (AvgIpc) is 2.73. The van der Waals surface area contributed by atoms with Gasteiger partial charge in [0, 0.05) is 39.3 Å². The van der Waals surface area contributed by atoms with Crippen LogP contribution >= 0.6 is 0 Å². The maximum atomic E-state index is 12.4. The van der Waals surface area contributed by atoms with E-state index in [1.54, 1.807) is 0 Å². The summed E-state index contributed by atoms with van der Waals surface area (Å²) in [7, 11) is 0. The number of nitrogens with zero attached hydrogens (tertiary/aromatic N) is 2. The Kier molecular flexibility index (Phi) is 7.19. The number of carbonyl (C=O) groups excluding carboxylic acids is 1. The van der Waals surface area contributed by atoms with Crippen LogP contribution in [0.3, 0.4) is 0 Å². The minimum atomic E-state index is -0.0873. The summed E-state index contributed by atoms with van der Waals surface area (Å²) in [6, 6.07) is 20.3. The van der Waals surface area contributed by atoms with Crippen molar-refractivity contribution in [3.05, 3.63) is 77.9 Å². The van der Waals surface area contributed by atoms with Gasteiger partial charge in [-0.1, -0.05) is 72.8 Å². The molecule has 0 saturated carbocycles. The fraction of sp³-hybridized carbons (Fsp3) is 0.348. The zero-order valence-electron chi connectivity index (χ0n) is 16.1. The Balaban J connectivity index is 1.39. The van der Waals surface area contributed by atoms with Crippen LogP contribution in [0, 0.1) is 0 Å². The highest BCUT2D eigenvalue weighted by atomic mass is 16.2. The Morgan fingerprint density at radius 2 is 1.63 bits per heavy atom. The molecule has 1 amide bonds. The molecular formula is C23H29N3O. The van der Waals surface area contributed by atoms with Gasteiger partial charge in [-0.3, -0.25) is 14.6 Å². The van der Waals surface area contributed by atoms with Crippen molar-refractivity contribution in [1.29, 1.82) is 0 Å². The van der Waals surface area contributed by atoms with Gasteiger partial charge >= 0.3 is 0 Å². The van der Waals surface area contributed by atoms with Crippen LogP contribution in [0.5, 0.6) is 0 Å². The van der Waals surface area contributed by atoms with Crippen molar-refractivity contribution in [1.82, 2.24) is 15.1 Å². The number of amides is 1. The number of hydrogen-bond acceptors (Lipinski definition) is 3. The van der Waals surface area contributed by atoms with Gasteiger partial charge in [0.2, 0.25) is 5.91 Å². The lowest BCUT2D eigenvalue weighted by Gasteiger charge is -2.37. The highest BCUT2D eigenvalue weighted by Crippen LogP contribution is 2.08. The van der Waals surface area contributed by atoms with Gasteiger partial charge in [-0.25, -0.2) is 0 Å². The topological polar surface area (TPSA) is 35.6 Å². The number of carbonyl (C=O) groups is 1. The molecule has 0 bridgehead atoms. The number of nitrogens with one attached hydrogen (secondary N) is 1. The Labute approximate surface area is 162 Å². The monoisotopic (exact) mass is 363 g/mol. The van der Waals surface area contributed by atoms with Crippen LogP contribution in [-0.2, 0) is 11.3 Å². The third kappa shape index (κ3) is 6.05. The van der Waals surface area contributed by atoms with Crippen LogP contribution in [0.4, 0.5) is 0 Å².